The molecule has 1 aromatic heterocycles. The van der Waals surface area contributed by atoms with Crippen molar-refractivity contribution in [2.24, 2.45) is 0 Å². The van der Waals surface area contributed by atoms with E-state index in [4.69, 9.17) is 11.6 Å². The number of benzene rings is 1. The Balaban J connectivity index is 2.58. The summed E-state index contributed by atoms with van der Waals surface area (Å²) in [6.45, 7) is 5.65. The van der Waals surface area contributed by atoms with Crippen LogP contribution >= 0.6 is 22.9 Å². The van der Waals surface area contributed by atoms with E-state index in [1.807, 2.05) is 20.8 Å². The lowest BCUT2D eigenvalue weighted by atomic mass is 9.93. The molecule has 0 aliphatic carbocycles. The molecule has 8 heteroatoms. The normalized spacial score (nSPS) is 12.7. The standard InChI is InChI=1S/C13H12ClF2NO2S2/c1-13(2,3)11-6-20-12(17-11)21(18,19)10-4-7(14)8(15)5-9(10)16/h4-6H,1-3H3. The molecule has 0 saturated carbocycles. The smallest absolute Gasteiger partial charge is 0.229 e. The molecule has 0 N–H and O–H groups in total. The van der Waals surface area contributed by atoms with Gasteiger partial charge in [0.25, 0.3) is 0 Å². The lowest BCUT2D eigenvalue weighted by Gasteiger charge is -2.14. The van der Waals surface area contributed by atoms with Crippen LogP contribution < -0.4 is 0 Å². The molecular weight excluding hydrogens is 340 g/mol. The molecule has 21 heavy (non-hydrogen) atoms. The fourth-order valence-corrected chi connectivity index (χ4v) is 4.44. The minimum atomic E-state index is -4.17. The zero-order valence-corrected chi connectivity index (χ0v) is 13.8. The Bertz CT molecular complexity index is 795. The SMILES string of the molecule is CC(C)(C)c1csc(S(=O)(=O)c2cc(Cl)c(F)cc2F)n1. The monoisotopic (exact) mass is 351 g/mol. The van der Waals surface area contributed by atoms with Gasteiger partial charge >= 0.3 is 0 Å². The van der Waals surface area contributed by atoms with Crippen molar-refractivity contribution in [2.45, 2.75) is 35.4 Å². The Kier molecular flexibility index (Phi) is 4.12. The third kappa shape index (κ3) is 3.09. The Morgan fingerprint density at radius 1 is 1.19 bits per heavy atom. The predicted molar refractivity (Wildman–Crippen MR) is 77.6 cm³/mol. The van der Waals surface area contributed by atoms with E-state index in [9.17, 15) is 17.2 Å². The highest BCUT2D eigenvalue weighted by Gasteiger charge is 2.28. The van der Waals surface area contributed by atoms with Crippen LogP contribution in [0.1, 0.15) is 26.5 Å². The van der Waals surface area contributed by atoms with E-state index in [2.05, 4.69) is 4.98 Å². The number of aromatic nitrogens is 1. The van der Waals surface area contributed by atoms with Crippen molar-refractivity contribution in [3.63, 3.8) is 0 Å². The molecule has 1 aromatic carbocycles. The summed E-state index contributed by atoms with van der Waals surface area (Å²) < 4.78 is 51.4. The minimum Gasteiger partial charge on any atom is -0.229 e. The van der Waals surface area contributed by atoms with Gasteiger partial charge in [0.2, 0.25) is 14.2 Å². The highest BCUT2D eigenvalue weighted by atomic mass is 35.5. The molecule has 2 rings (SSSR count). The van der Waals surface area contributed by atoms with Gasteiger partial charge in [0, 0.05) is 16.9 Å². The maximum absolute atomic E-state index is 13.8. The zero-order valence-electron chi connectivity index (χ0n) is 11.4. The van der Waals surface area contributed by atoms with Crippen LogP contribution in [0.5, 0.6) is 0 Å². The molecule has 0 amide bonds. The van der Waals surface area contributed by atoms with E-state index in [-0.39, 0.29) is 9.75 Å². The van der Waals surface area contributed by atoms with Crippen LogP contribution in [0.25, 0.3) is 0 Å². The topological polar surface area (TPSA) is 47.0 Å². The summed E-state index contributed by atoms with van der Waals surface area (Å²) in [4.78, 5) is 3.37. The number of hydrogen-bond donors (Lipinski definition) is 0. The van der Waals surface area contributed by atoms with Crippen LogP contribution in [0.2, 0.25) is 5.02 Å². The summed E-state index contributed by atoms with van der Waals surface area (Å²) in [6, 6.07) is 1.22. The molecule has 0 bridgehead atoms. The quantitative estimate of drug-likeness (QED) is 0.601. The Hall–Kier alpha value is -1.05. The molecule has 3 nitrogen and oxygen atoms in total. The second-order valence-corrected chi connectivity index (χ2v) is 8.81. The van der Waals surface area contributed by atoms with E-state index in [1.54, 1.807) is 5.38 Å². The molecular formula is C13H12ClF2NO2S2. The van der Waals surface area contributed by atoms with Crippen molar-refractivity contribution in [3.05, 3.63) is 39.9 Å². The molecule has 0 fully saturated rings. The molecule has 0 radical (unpaired) electrons. The largest absolute Gasteiger partial charge is 0.236 e. The van der Waals surface area contributed by atoms with Crippen molar-refractivity contribution >= 4 is 32.8 Å². The van der Waals surface area contributed by atoms with Crippen molar-refractivity contribution in [3.8, 4) is 0 Å². The van der Waals surface area contributed by atoms with E-state index in [0.29, 0.717) is 11.8 Å². The van der Waals surface area contributed by atoms with Gasteiger partial charge in [0.15, 0.2) is 0 Å². The van der Waals surface area contributed by atoms with Crippen LogP contribution in [-0.2, 0) is 15.3 Å². The van der Waals surface area contributed by atoms with Gasteiger partial charge in [-0.3, -0.25) is 0 Å². The lowest BCUT2D eigenvalue weighted by molar-refractivity contribution is 0.546. The fraction of sp³-hybridized carbons (Fsp3) is 0.308. The summed E-state index contributed by atoms with van der Waals surface area (Å²) in [6.07, 6.45) is 0. The van der Waals surface area contributed by atoms with Gasteiger partial charge in [-0.05, 0) is 6.07 Å². The molecule has 2 aromatic rings. The van der Waals surface area contributed by atoms with Gasteiger partial charge in [0.1, 0.15) is 16.5 Å². The van der Waals surface area contributed by atoms with Crippen LogP contribution in [0, 0.1) is 11.6 Å². The van der Waals surface area contributed by atoms with Gasteiger partial charge < -0.3 is 0 Å². The van der Waals surface area contributed by atoms with Crippen molar-refractivity contribution in [2.75, 3.05) is 0 Å². The van der Waals surface area contributed by atoms with Crippen LogP contribution in [0.4, 0.5) is 8.78 Å². The number of sulfone groups is 1. The molecule has 0 aliphatic rings. The molecule has 1 heterocycles. The average Bonchev–Trinajstić information content (AvgIpc) is 2.83. The van der Waals surface area contributed by atoms with Crippen LogP contribution in [-0.4, -0.2) is 13.4 Å². The Morgan fingerprint density at radius 2 is 1.81 bits per heavy atom. The average molecular weight is 352 g/mol. The maximum atomic E-state index is 13.8. The summed E-state index contributed by atoms with van der Waals surface area (Å²) in [5.41, 5.74) is 0.253. The zero-order chi connectivity index (χ0) is 16.0. The summed E-state index contributed by atoms with van der Waals surface area (Å²) in [7, 11) is -4.17. The Labute approximate surface area is 130 Å². The highest BCUT2D eigenvalue weighted by Crippen LogP contribution is 2.32. The third-order valence-corrected chi connectivity index (χ3v) is 6.06. The number of nitrogens with zero attached hydrogens (tertiary/aromatic N) is 1. The van der Waals surface area contributed by atoms with E-state index < -0.39 is 31.4 Å². The predicted octanol–water partition coefficient (Wildman–Crippen LogP) is 4.21. The molecule has 114 valence electrons. The van der Waals surface area contributed by atoms with Gasteiger partial charge in [0.05, 0.1) is 10.7 Å². The third-order valence-electron chi connectivity index (χ3n) is 2.75. The molecule has 0 spiro atoms. The summed E-state index contributed by atoms with van der Waals surface area (Å²) in [5, 5.41) is 1.15. The molecule has 0 aliphatic heterocycles. The first-order valence-electron chi connectivity index (χ1n) is 5.89. The van der Waals surface area contributed by atoms with E-state index in [1.165, 1.54) is 0 Å². The lowest BCUT2D eigenvalue weighted by Crippen LogP contribution is -2.12. The number of rotatable bonds is 2. The van der Waals surface area contributed by atoms with Crippen molar-refractivity contribution < 1.29 is 17.2 Å². The van der Waals surface area contributed by atoms with Gasteiger partial charge in [-0.15, -0.1) is 11.3 Å². The molecule has 0 saturated heterocycles. The fourth-order valence-electron chi connectivity index (χ4n) is 1.53. The van der Waals surface area contributed by atoms with Gasteiger partial charge in [-0.1, -0.05) is 32.4 Å². The van der Waals surface area contributed by atoms with Crippen LogP contribution in [0.15, 0.2) is 26.7 Å². The highest BCUT2D eigenvalue weighted by molar-refractivity contribution is 7.93. The summed E-state index contributed by atoms with van der Waals surface area (Å²) in [5.74, 6) is -2.20. The van der Waals surface area contributed by atoms with Crippen molar-refractivity contribution in [1.29, 1.82) is 0 Å². The van der Waals surface area contributed by atoms with Gasteiger partial charge in [-0.2, -0.15) is 0 Å². The molecule has 0 unspecified atom stereocenters. The molecule has 0 atom stereocenters. The van der Waals surface area contributed by atoms with Gasteiger partial charge in [-0.25, -0.2) is 22.2 Å². The number of thiazole rings is 1. The van der Waals surface area contributed by atoms with Crippen LogP contribution in [0.3, 0.4) is 0 Å². The Morgan fingerprint density at radius 3 is 2.33 bits per heavy atom. The number of halogens is 3. The van der Waals surface area contributed by atoms with Crippen molar-refractivity contribution in [1.82, 2.24) is 4.98 Å². The number of hydrogen-bond acceptors (Lipinski definition) is 4. The van der Waals surface area contributed by atoms with E-state index >= 15 is 0 Å². The minimum absolute atomic E-state index is 0.242. The van der Waals surface area contributed by atoms with E-state index in [0.717, 1.165) is 17.4 Å². The first-order valence-corrected chi connectivity index (χ1v) is 8.63. The summed E-state index contributed by atoms with van der Waals surface area (Å²) >= 11 is 6.43. The first kappa shape index (κ1) is 16.3. The second-order valence-electron chi connectivity index (χ2n) is 5.45. The second kappa shape index (κ2) is 5.30. The first-order chi connectivity index (χ1) is 9.53. The maximum Gasteiger partial charge on any atom is 0.236 e.